The second kappa shape index (κ2) is 5.33. The fourth-order valence-corrected chi connectivity index (χ4v) is 2.53. The summed E-state index contributed by atoms with van der Waals surface area (Å²) in [6.07, 6.45) is 0. The van der Waals surface area contributed by atoms with Gasteiger partial charge in [-0.1, -0.05) is 6.92 Å². The minimum atomic E-state index is 0.140. The highest BCUT2D eigenvalue weighted by Crippen LogP contribution is 2.25. The molecule has 0 aromatic carbocycles. The van der Waals surface area contributed by atoms with Gasteiger partial charge in [0, 0.05) is 13.1 Å². The molecule has 0 aliphatic rings. The lowest BCUT2D eigenvalue weighted by Gasteiger charge is -2.13. The van der Waals surface area contributed by atoms with Crippen molar-refractivity contribution in [2.75, 3.05) is 13.7 Å². The lowest BCUT2D eigenvalue weighted by molar-refractivity contribution is 0.373. The number of nitrogens with one attached hydrogen (secondary N) is 1. The highest BCUT2D eigenvalue weighted by Gasteiger charge is 2.18. The third kappa shape index (κ3) is 2.50. The molecule has 1 unspecified atom stereocenters. The average molecular weight is 251 g/mol. The van der Waals surface area contributed by atoms with Gasteiger partial charge in [-0.05, 0) is 28.9 Å². The molecule has 2 aromatic heterocycles. The summed E-state index contributed by atoms with van der Waals surface area (Å²) in [5.74, 6) is 0.776. The molecule has 5 heteroatoms. The molecule has 0 bridgehead atoms. The monoisotopic (exact) mass is 251 g/mol. The summed E-state index contributed by atoms with van der Waals surface area (Å²) < 4.78 is 7.00. The van der Waals surface area contributed by atoms with E-state index in [1.54, 1.807) is 23.1 Å². The third-order valence-corrected chi connectivity index (χ3v) is 3.35. The van der Waals surface area contributed by atoms with Gasteiger partial charge < -0.3 is 10.1 Å². The molecule has 0 fully saturated rings. The summed E-state index contributed by atoms with van der Waals surface area (Å²) in [4.78, 5) is 0. The van der Waals surface area contributed by atoms with E-state index in [1.807, 2.05) is 13.1 Å². The third-order valence-electron chi connectivity index (χ3n) is 2.65. The van der Waals surface area contributed by atoms with Crippen molar-refractivity contribution in [3.8, 4) is 5.88 Å². The van der Waals surface area contributed by atoms with Crippen LogP contribution in [0.25, 0.3) is 0 Å². The van der Waals surface area contributed by atoms with Gasteiger partial charge in [0.25, 0.3) is 0 Å². The summed E-state index contributed by atoms with van der Waals surface area (Å²) in [6.45, 7) is 3.00. The molecule has 0 saturated heterocycles. The van der Waals surface area contributed by atoms with Crippen molar-refractivity contribution >= 4 is 11.3 Å². The maximum absolute atomic E-state index is 5.25. The zero-order chi connectivity index (χ0) is 12.3. The van der Waals surface area contributed by atoms with Crippen LogP contribution in [-0.4, -0.2) is 23.4 Å². The molecule has 2 aromatic rings. The number of thiophene rings is 1. The number of aryl methyl sites for hydroxylation is 1. The Morgan fingerprint density at radius 2 is 2.41 bits per heavy atom. The number of ether oxygens (including phenoxy) is 1. The predicted molar refractivity (Wildman–Crippen MR) is 69.6 cm³/mol. The van der Waals surface area contributed by atoms with Crippen LogP contribution < -0.4 is 10.1 Å². The second-order valence-corrected chi connectivity index (χ2v) is 4.56. The molecule has 4 nitrogen and oxygen atoms in total. The first-order valence-corrected chi connectivity index (χ1v) is 6.54. The van der Waals surface area contributed by atoms with Gasteiger partial charge in [-0.25, -0.2) is 4.68 Å². The maximum atomic E-state index is 5.25. The molecule has 2 heterocycles. The largest absolute Gasteiger partial charge is 0.481 e. The van der Waals surface area contributed by atoms with Crippen LogP contribution >= 0.6 is 11.3 Å². The van der Waals surface area contributed by atoms with Crippen molar-refractivity contribution in [2.24, 2.45) is 7.05 Å². The summed E-state index contributed by atoms with van der Waals surface area (Å²) in [7, 11) is 3.55. The van der Waals surface area contributed by atoms with Crippen LogP contribution in [0.3, 0.4) is 0 Å². The number of methoxy groups -OCH3 is 1. The molecule has 0 aliphatic carbocycles. The van der Waals surface area contributed by atoms with Crippen molar-refractivity contribution in [2.45, 2.75) is 13.0 Å². The molecule has 0 spiro atoms. The van der Waals surface area contributed by atoms with Crippen molar-refractivity contribution in [1.82, 2.24) is 15.1 Å². The van der Waals surface area contributed by atoms with Gasteiger partial charge in [-0.2, -0.15) is 16.4 Å². The van der Waals surface area contributed by atoms with Gasteiger partial charge in [0.1, 0.15) is 0 Å². The molecule has 0 radical (unpaired) electrons. The molecule has 1 atom stereocenters. The quantitative estimate of drug-likeness (QED) is 0.885. The van der Waals surface area contributed by atoms with E-state index in [1.165, 1.54) is 5.56 Å². The SMILES string of the molecule is CCNC(c1ccsc1)c1cc(OC)n(C)n1. The number of nitrogens with zero attached hydrogens (tertiary/aromatic N) is 2. The average Bonchev–Trinajstić information content (AvgIpc) is 2.95. The first kappa shape index (κ1) is 12.1. The molecule has 0 aliphatic heterocycles. The molecule has 0 saturated carbocycles. The summed E-state index contributed by atoms with van der Waals surface area (Å²) in [5.41, 5.74) is 2.24. The van der Waals surface area contributed by atoms with Crippen molar-refractivity contribution < 1.29 is 4.74 Å². The molecule has 0 amide bonds. The van der Waals surface area contributed by atoms with Crippen LogP contribution in [0.2, 0.25) is 0 Å². The Balaban J connectivity index is 2.32. The maximum Gasteiger partial charge on any atom is 0.211 e. The van der Waals surface area contributed by atoms with Crippen molar-refractivity contribution in [3.05, 3.63) is 34.2 Å². The Morgan fingerprint density at radius 3 is 2.94 bits per heavy atom. The normalized spacial score (nSPS) is 12.6. The lowest BCUT2D eigenvalue weighted by Crippen LogP contribution is -2.22. The zero-order valence-corrected chi connectivity index (χ0v) is 11.1. The van der Waals surface area contributed by atoms with E-state index in [2.05, 4.69) is 34.2 Å². The van der Waals surface area contributed by atoms with E-state index >= 15 is 0 Å². The second-order valence-electron chi connectivity index (χ2n) is 3.78. The Morgan fingerprint density at radius 1 is 1.59 bits per heavy atom. The first-order chi connectivity index (χ1) is 8.26. The smallest absolute Gasteiger partial charge is 0.211 e. The molecule has 2 rings (SSSR count). The van der Waals surface area contributed by atoms with E-state index in [0.29, 0.717) is 0 Å². The minimum Gasteiger partial charge on any atom is -0.481 e. The molecule has 17 heavy (non-hydrogen) atoms. The standard InChI is InChI=1S/C12H17N3OS/c1-4-13-12(9-5-6-17-8-9)10-7-11(16-3)15(2)14-10/h5-8,12-13H,4H2,1-3H3. The molecular weight excluding hydrogens is 234 g/mol. The van der Waals surface area contributed by atoms with E-state index in [4.69, 9.17) is 4.74 Å². The topological polar surface area (TPSA) is 39.1 Å². The van der Waals surface area contributed by atoms with Crippen LogP contribution in [-0.2, 0) is 7.05 Å². The highest BCUT2D eigenvalue weighted by molar-refractivity contribution is 7.08. The van der Waals surface area contributed by atoms with Crippen molar-refractivity contribution in [3.63, 3.8) is 0 Å². The van der Waals surface area contributed by atoms with E-state index in [0.717, 1.165) is 18.1 Å². The number of aromatic nitrogens is 2. The van der Waals surface area contributed by atoms with Gasteiger partial charge in [0.2, 0.25) is 5.88 Å². The van der Waals surface area contributed by atoms with Crippen molar-refractivity contribution in [1.29, 1.82) is 0 Å². The van der Waals surface area contributed by atoms with Crippen LogP contribution in [0.4, 0.5) is 0 Å². The molecular formula is C12H17N3OS. The van der Waals surface area contributed by atoms with E-state index < -0.39 is 0 Å². The molecule has 1 N–H and O–H groups in total. The summed E-state index contributed by atoms with van der Waals surface area (Å²) in [6, 6.07) is 4.24. The number of rotatable bonds is 5. The van der Waals surface area contributed by atoms with Gasteiger partial charge in [0.15, 0.2) is 0 Å². The Labute approximate surface area is 105 Å². The van der Waals surface area contributed by atoms with Gasteiger partial charge in [0.05, 0.1) is 18.8 Å². The minimum absolute atomic E-state index is 0.140. The van der Waals surface area contributed by atoms with Gasteiger partial charge in [-0.15, -0.1) is 0 Å². The Kier molecular flexibility index (Phi) is 3.81. The first-order valence-electron chi connectivity index (χ1n) is 5.59. The van der Waals surface area contributed by atoms with E-state index in [-0.39, 0.29) is 6.04 Å². The van der Waals surface area contributed by atoms with Crippen LogP contribution in [0.15, 0.2) is 22.9 Å². The molecule has 92 valence electrons. The van der Waals surface area contributed by atoms with Crippen LogP contribution in [0, 0.1) is 0 Å². The zero-order valence-electron chi connectivity index (χ0n) is 10.3. The fraction of sp³-hybridized carbons (Fsp3) is 0.417. The van der Waals surface area contributed by atoms with Crippen LogP contribution in [0.1, 0.15) is 24.2 Å². The summed E-state index contributed by atoms with van der Waals surface area (Å²) in [5, 5.41) is 12.2. The summed E-state index contributed by atoms with van der Waals surface area (Å²) >= 11 is 1.70. The van der Waals surface area contributed by atoms with E-state index in [9.17, 15) is 0 Å². The number of hydrogen-bond donors (Lipinski definition) is 1. The highest BCUT2D eigenvalue weighted by atomic mass is 32.1. The Hall–Kier alpha value is -1.33. The Bertz CT molecular complexity index is 464. The predicted octanol–water partition coefficient (Wildman–Crippen LogP) is 2.19. The van der Waals surface area contributed by atoms with Gasteiger partial charge in [-0.3, -0.25) is 0 Å². The van der Waals surface area contributed by atoms with Crippen LogP contribution in [0.5, 0.6) is 5.88 Å². The number of hydrogen-bond acceptors (Lipinski definition) is 4. The fourth-order valence-electron chi connectivity index (χ4n) is 1.84. The lowest BCUT2D eigenvalue weighted by atomic mass is 10.1. The van der Waals surface area contributed by atoms with Gasteiger partial charge >= 0.3 is 0 Å².